The maximum Gasteiger partial charge on any atom is 0.121 e. The first-order valence-electron chi connectivity index (χ1n) is 3.14. The summed E-state index contributed by atoms with van der Waals surface area (Å²) in [6, 6.07) is 3.74. The Morgan fingerprint density at radius 2 is 2.45 bits per heavy atom. The molecule has 4 heteroatoms. The maximum atomic E-state index is 8.60. The van der Waals surface area contributed by atoms with Crippen molar-refractivity contribution < 1.29 is 5.11 Å². The summed E-state index contributed by atoms with van der Waals surface area (Å²) in [6.45, 7) is 0.518. The Morgan fingerprint density at radius 3 is 3.00 bits per heavy atom. The van der Waals surface area contributed by atoms with Gasteiger partial charge in [-0.15, -0.1) is 0 Å². The van der Waals surface area contributed by atoms with Crippen molar-refractivity contribution in [2.75, 3.05) is 6.61 Å². The number of aliphatic hydroxyl groups is 1. The van der Waals surface area contributed by atoms with Crippen molar-refractivity contribution in [1.29, 1.82) is 5.26 Å². The van der Waals surface area contributed by atoms with Crippen molar-refractivity contribution in [1.82, 2.24) is 4.57 Å². The molecule has 1 aromatic rings. The van der Waals surface area contributed by atoms with Crippen LogP contribution < -0.4 is 0 Å². The third-order valence-corrected chi connectivity index (χ3v) is 1.75. The van der Waals surface area contributed by atoms with E-state index in [-0.39, 0.29) is 6.61 Å². The van der Waals surface area contributed by atoms with Gasteiger partial charge >= 0.3 is 0 Å². The van der Waals surface area contributed by atoms with Gasteiger partial charge in [0.1, 0.15) is 11.8 Å². The van der Waals surface area contributed by atoms with Crippen molar-refractivity contribution in [3.8, 4) is 6.07 Å². The van der Waals surface area contributed by atoms with Crippen molar-refractivity contribution >= 4 is 15.9 Å². The average molecular weight is 215 g/mol. The summed E-state index contributed by atoms with van der Waals surface area (Å²) in [7, 11) is 0. The summed E-state index contributed by atoms with van der Waals surface area (Å²) < 4.78 is 2.56. The van der Waals surface area contributed by atoms with E-state index in [4.69, 9.17) is 10.4 Å². The fourth-order valence-corrected chi connectivity index (χ4v) is 1.32. The summed E-state index contributed by atoms with van der Waals surface area (Å²) in [5.74, 6) is 0. The van der Waals surface area contributed by atoms with Gasteiger partial charge in [-0.3, -0.25) is 0 Å². The molecule has 0 amide bonds. The molecule has 0 fully saturated rings. The van der Waals surface area contributed by atoms with Crippen LogP contribution in [0.5, 0.6) is 0 Å². The highest BCUT2D eigenvalue weighted by Gasteiger charge is 2.01. The maximum absolute atomic E-state index is 8.60. The second-order valence-corrected chi connectivity index (χ2v) is 2.99. The van der Waals surface area contributed by atoms with E-state index in [0.717, 1.165) is 4.47 Å². The van der Waals surface area contributed by atoms with Gasteiger partial charge in [0.25, 0.3) is 0 Å². The van der Waals surface area contributed by atoms with Crippen molar-refractivity contribution in [2.45, 2.75) is 6.54 Å². The number of hydrogen-bond donors (Lipinski definition) is 1. The third kappa shape index (κ3) is 1.82. The highest BCUT2D eigenvalue weighted by molar-refractivity contribution is 9.10. The van der Waals surface area contributed by atoms with E-state index < -0.39 is 0 Å². The van der Waals surface area contributed by atoms with Gasteiger partial charge in [-0.25, -0.2) is 0 Å². The normalized spacial score (nSPS) is 9.55. The highest BCUT2D eigenvalue weighted by Crippen LogP contribution is 2.13. The minimum absolute atomic E-state index is 0.0514. The van der Waals surface area contributed by atoms with E-state index >= 15 is 0 Å². The van der Waals surface area contributed by atoms with Gasteiger partial charge in [0.05, 0.1) is 6.61 Å². The minimum atomic E-state index is 0.0514. The van der Waals surface area contributed by atoms with Crippen LogP contribution in [0.3, 0.4) is 0 Å². The zero-order chi connectivity index (χ0) is 8.27. The second kappa shape index (κ2) is 3.56. The molecule has 0 aromatic carbocycles. The molecule has 0 saturated heterocycles. The number of hydrogen-bond acceptors (Lipinski definition) is 2. The van der Waals surface area contributed by atoms with E-state index in [9.17, 15) is 0 Å². The van der Waals surface area contributed by atoms with E-state index in [1.807, 2.05) is 6.07 Å². The van der Waals surface area contributed by atoms with Crippen LogP contribution >= 0.6 is 15.9 Å². The van der Waals surface area contributed by atoms with E-state index in [0.29, 0.717) is 12.2 Å². The highest BCUT2D eigenvalue weighted by atomic mass is 79.9. The van der Waals surface area contributed by atoms with Gasteiger partial charge in [0, 0.05) is 17.2 Å². The van der Waals surface area contributed by atoms with Crippen LogP contribution in [0.4, 0.5) is 0 Å². The Kier molecular flexibility index (Phi) is 2.69. The number of aliphatic hydroxyl groups excluding tert-OH is 1. The topological polar surface area (TPSA) is 49.0 Å². The van der Waals surface area contributed by atoms with Crippen molar-refractivity contribution in [3.63, 3.8) is 0 Å². The molecule has 11 heavy (non-hydrogen) atoms. The Bertz CT molecular complexity index is 287. The monoisotopic (exact) mass is 214 g/mol. The van der Waals surface area contributed by atoms with Crippen LogP contribution in [0.25, 0.3) is 0 Å². The van der Waals surface area contributed by atoms with Gasteiger partial charge in [-0.1, -0.05) is 0 Å². The SMILES string of the molecule is N#Cc1cc(Br)cn1CCO. The third-order valence-electron chi connectivity index (χ3n) is 1.32. The number of nitrogens with zero attached hydrogens (tertiary/aromatic N) is 2. The number of nitriles is 1. The van der Waals surface area contributed by atoms with Crippen LogP contribution in [-0.4, -0.2) is 16.3 Å². The summed E-state index contributed by atoms with van der Waals surface area (Å²) in [6.07, 6.45) is 1.77. The van der Waals surface area contributed by atoms with E-state index in [1.54, 1.807) is 16.8 Å². The van der Waals surface area contributed by atoms with Gasteiger partial charge in [-0.05, 0) is 22.0 Å². The first kappa shape index (κ1) is 8.31. The first-order valence-corrected chi connectivity index (χ1v) is 3.94. The minimum Gasteiger partial charge on any atom is -0.395 e. The summed E-state index contributed by atoms with van der Waals surface area (Å²) in [4.78, 5) is 0. The molecule has 0 aliphatic carbocycles. The molecule has 58 valence electrons. The smallest absolute Gasteiger partial charge is 0.121 e. The number of aromatic nitrogens is 1. The molecule has 0 spiro atoms. The van der Waals surface area contributed by atoms with E-state index in [1.165, 1.54) is 0 Å². The zero-order valence-electron chi connectivity index (χ0n) is 5.79. The Hall–Kier alpha value is -0.790. The molecule has 0 aliphatic rings. The number of halogens is 1. The standard InChI is InChI=1S/C7H7BrN2O/c8-6-3-7(4-9)10(5-6)1-2-11/h3,5,11H,1-2H2. The molecule has 1 N–H and O–H groups in total. The van der Waals surface area contributed by atoms with E-state index in [2.05, 4.69) is 15.9 Å². The molecule has 0 aliphatic heterocycles. The van der Waals surface area contributed by atoms with Crippen LogP contribution in [0.15, 0.2) is 16.7 Å². The quantitative estimate of drug-likeness (QED) is 0.803. The van der Waals surface area contributed by atoms with Gasteiger partial charge in [0.2, 0.25) is 0 Å². The van der Waals surface area contributed by atoms with Crippen LogP contribution in [0, 0.1) is 11.3 Å². The summed E-state index contributed by atoms with van der Waals surface area (Å²) >= 11 is 3.24. The van der Waals surface area contributed by atoms with Gasteiger partial charge in [0.15, 0.2) is 0 Å². The van der Waals surface area contributed by atoms with Gasteiger partial charge in [-0.2, -0.15) is 5.26 Å². The van der Waals surface area contributed by atoms with Crippen molar-refractivity contribution in [3.05, 3.63) is 22.4 Å². The molecular weight excluding hydrogens is 208 g/mol. The molecule has 1 rings (SSSR count). The predicted molar refractivity (Wildman–Crippen MR) is 43.9 cm³/mol. The van der Waals surface area contributed by atoms with Gasteiger partial charge < -0.3 is 9.67 Å². The largest absolute Gasteiger partial charge is 0.395 e. The molecule has 1 heterocycles. The zero-order valence-corrected chi connectivity index (χ0v) is 7.37. The average Bonchev–Trinajstić information content (AvgIpc) is 2.32. The molecule has 0 unspecified atom stereocenters. The lowest BCUT2D eigenvalue weighted by Crippen LogP contribution is -2.02. The Morgan fingerprint density at radius 1 is 1.73 bits per heavy atom. The molecule has 0 atom stereocenters. The Labute approximate surface area is 73.0 Å². The Balaban J connectivity index is 2.95. The fourth-order valence-electron chi connectivity index (χ4n) is 0.858. The lowest BCUT2D eigenvalue weighted by Gasteiger charge is -1.98. The van der Waals surface area contributed by atoms with Crippen LogP contribution in [0.2, 0.25) is 0 Å². The lowest BCUT2D eigenvalue weighted by molar-refractivity contribution is 0.276. The molecule has 0 saturated carbocycles. The summed E-state index contributed by atoms with van der Waals surface area (Å²) in [5, 5.41) is 17.2. The molecule has 0 radical (unpaired) electrons. The van der Waals surface area contributed by atoms with Crippen molar-refractivity contribution in [2.24, 2.45) is 0 Å². The summed E-state index contributed by atoms with van der Waals surface area (Å²) in [5.41, 5.74) is 0.561. The fraction of sp³-hybridized carbons (Fsp3) is 0.286. The van der Waals surface area contributed by atoms with Crippen LogP contribution in [0.1, 0.15) is 5.69 Å². The number of rotatable bonds is 2. The lowest BCUT2D eigenvalue weighted by atomic mass is 10.5. The second-order valence-electron chi connectivity index (χ2n) is 2.07. The molecule has 0 bridgehead atoms. The predicted octanol–water partition coefficient (Wildman–Crippen LogP) is 1.11. The molecule has 1 aromatic heterocycles. The van der Waals surface area contributed by atoms with Crippen LogP contribution in [-0.2, 0) is 6.54 Å². The first-order chi connectivity index (χ1) is 5.27. The molecular formula is C7H7BrN2O. The molecule has 3 nitrogen and oxygen atoms in total.